The van der Waals surface area contributed by atoms with Crippen molar-refractivity contribution in [3.05, 3.63) is 59.1 Å². The first-order valence-electron chi connectivity index (χ1n) is 9.83. The number of amides is 1. The number of aliphatic hydroxyl groups is 1. The van der Waals surface area contributed by atoms with E-state index in [1.54, 1.807) is 25.5 Å². The fourth-order valence-corrected chi connectivity index (χ4v) is 4.06. The minimum atomic E-state index is -3.33. The molecule has 9 nitrogen and oxygen atoms in total. The Labute approximate surface area is 195 Å². The molecule has 0 radical (unpaired) electrons. The summed E-state index contributed by atoms with van der Waals surface area (Å²) in [6.07, 6.45) is 0.623. The molecule has 0 aliphatic carbocycles. The van der Waals surface area contributed by atoms with Crippen LogP contribution in [0.4, 0.5) is 5.13 Å². The molecule has 0 fully saturated rings. The molecule has 1 atom stereocenters. The number of hydrogen-bond donors (Lipinski definition) is 2. The summed E-state index contributed by atoms with van der Waals surface area (Å²) in [5.41, 5.74) is 0.956. The zero-order valence-electron chi connectivity index (χ0n) is 18.3. The highest BCUT2D eigenvalue weighted by Crippen LogP contribution is 2.29. The minimum absolute atomic E-state index is 0.167. The van der Waals surface area contributed by atoms with Crippen molar-refractivity contribution in [2.45, 2.75) is 24.5 Å². The van der Waals surface area contributed by atoms with Gasteiger partial charge in [0.2, 0.25) is 0 Å². The van der Waals surface area contributed by atoms with Crippen LogP contribution in [0.3, 0.4) is 0 Å². The SMILES string of the molecule is COCc1csc(NC(=O)c2cc(Oc3ccc(S(C)(=O)=O)cc3)cc(OC(C)CO)c2)n1. The molecule has 1 unspecified atom stereocenters. The van der Waals surface area contributed by atoms with Crippen molar-refractivity contribution < 1.29 is 32.5 Å². The van der Waals surface area contributed by atoms with E-state index >= 15 is 0 Å². The molecule has 176 valence electrons. The molecule has 1 aromatic heterocycles. The quantitative estimate of drug-likeness (QED) is 0.441. The molecule has 0 aliphatic heterocycles. The Morgan fingerprint density at radius 1 is 1.15 bits per heavy atom. The molecule has 0 spiro atoms. The second kappa shape index (κ2) is 10.8. The number of nitrogens with zero attached hydrogens (tertiary/aromatic N) is 1. The van der Waals surface area contributed by atoms with Gasteiger partial charge in [-0.1, -0.05) is 0 Å². The van der Waals surface area contributed by atoms with Crippen molar-refractivity contribution in [1.82, 2.24) is 4.98 Å². The summed E-state index contributed by atoms with van der Waals surface area (Å²) in [7, 11) is -1.77. The first-order valence-corrected chi connectivity index (χ1v) is 12.6. The molecule has 0 bridgehead atoms. The molecule has 0 saturated heterocycles. The fourth-order valence-electron chi connectivity index (χ4n) is 2.74. The Bertz CT molecular complexity index is 1210. The van der Waals surface area contributed by atoms with E-state index in [0.29, 0.717) is 34.7 Å². The number of ether oxygens (including phenoxy) is 3. The number of aliphatic hydroxyl groups excluding tert-OH is 1. The summed E-state index contributed by atoms with van der Waals surface area (Å²) in [5, 5.41) is 14.2. The lowest BCUT2D eigenvalue weighted by Gasteiger charge is -2.15. The summed E-state index contributed by atoms with van der Waals surface area (Å²) in [6.45, 7) is 1.82. The lowest BCUT2D eigenvalue weighted by atomic mass is 10.2. The Balaban J connectivity index is 1.85. The molecule has 0 aliphatic rings. The van der Waals surface area contributed by atoms with Crippen LogP contribution in [0.15, 0.2) is 52.7 Å². The fraction of sp³-hybridized carbons (Fsp3) is 0.273. The standard InChI is InChI=1S/C22H24N2O7S2/c1-14(11-25)30-18-8-15(21(26)24-22-23-16(12-29-2)13-32-22)9-19(10-18)31-17-4-6-20(7-5-17)33(3,27)28/h4-10,13-14,25H,11-12H2,1-3H3,(H,23,24,26). The molecular formula is C22H24N2O7S2. The predicted molar refractivity (Wildman–Crippen MR) is 124 cm³/mol. The first kappa shape index (κ1) is 24.6. The average molecular weight is 493 g/mol. The van der Waals surface area contributed by atoms with Crippen molar-refractivity contribution in [2.75, 3.05) is 25.3 Å². The van der Waals surface area contributed by atoms with Crippen LogP contribution in [-0.2, 0) is 21.2 Å². The largest absolute Gasteiger partial charge is 0.488 e. The third-order valence-electron chi connectivity index (χ3n) is 4.29. The second-order valence-corrected chi connectivity index (χ2v) is 10.1. The highest BCUT2D eigenvalue weighted by molar-refractivity contribution is 7.90. The zero-order chi connectivity index (χ0) is 24.0. The van der Waals surface area contributed by atoms with Gasteiger partial charge < -0.3 is 19.3 Å². The number of methoxy groups -OCH3 is 1. The van der Waals surface area contributed by atoms with Crippen LogP contribution in [0.25, 0.3) is 0 Å². The van der Waals surface area contributed by atoms with Crippen molar-refractivity contribution in [2.24, 2.45) is 0 Å². The van der Waals surface area contributed by atoms with E-state index in [2.05, 4.69) is 10.3 Å². The highest BCUT2D eigenvalue weighted by atomic mass is 32.2. The number of benzene rings is 2. The average Bonchev–Trinajstić information content (AvgIpc) is 3.20. The lowest BCUT2D eigenvalue weighted by molar-refractivity contribution is 0.102. The molecule has 2 aromatic carbocycles. The van der Waals surface area contributed by atoms with Crippen LogP contribution in [0.2, 0.25) is 0 Å². The third-order valence-corrected chi connectivity index (χ3v) is 6.22. The summed E-state index contributed by atoms with van der Waals surface area (Å²) in [6, 6.07) is 10.6. The van der Waals surface area contributed by atoms with Crippen molar-refractivity contribution in [3.8, 4) is 17.2 Å². The number of sulfone groups is 1. The van der Waals surface area contributed by atoms with Gasteiger partial charge in [0, 0.05) is 30.4 Å². The molecule has 1 amide bonds. The summed E-state index contributed by atoms with van der Waals surface area (Å²) < 4.78 is 39.8. The number of aromatic nitrogens is 1. The van der Waals surface area contributed by atoms with Gasteiger partial charge in [-0.05, 0) is 43.3 Å². The van der Waals surface area contributed by atoms with Gasteiger partial charge in [-0.25, -0.2) is 13.4 Å². The van der Waals surface area contributed by atoms with Gasteiger partial charge in [-0.2, -0.15) is 0 Å². The van der Waals surface area contributed by atoms with Gasteiger partial charge in [0.05, 0.1) is 23.8 Å². The lowest BCUT2D eigenvalue weighted by Crippen LogP contribution is -2.17. The Morgan fingerprint density at radius 3 is 2.48 bits per heavy atom. The number of carbonyl (C=O) groups is 1. The second-order valence-electron chi connectivity index (χ2n) is 7.18. The number of nitrogens with one attached hydrogen (secondary N) is 1. The molecule has 2 N–H and O–H groups in total. The molecule has 3 rings (SSSR count). The monoisotopic (exact) mass is 492 g/mol. The van der Waals surface area contributed by atoms with Gasteiger partial charge >= 0.3 is 0 Å². The number of hydrogen-bond acceptors (Lipinski definition) is 9. The van der Waals surface area contributed by atoms with Gasteiger partial charge in [-0.15, -0.1) is 11.3 Å². The maximum absolute atomic E-state index is 12.8. The summed E-state index contributed by atoms with van der Waals surface area (Å²) >= 11 is 1.27. The predicted octanol–water partition coefficient (Wildman–Crippen LogP) is 3.50. The van der Waals surface area contributed by atoms with E-state index in [9.17, 15) is 18.3 Å². The molecule has 11 heteroatoms. The Kier molecular flexibility index (Phi) is 8.03. The van der Waals surface area contributed by atoms with E-state index in [1.807, 2.05) is 0 Å². The number of anilines is 1. The van der Waals surface area contributed by atoms with Crippen LogP contribution in [0, 0.1) is 0 Å². The van der Waals surface area contributed by atoms with Crippen molar-refractivity contribution >= 4 is 32.2 Å². The third kappa shape index (κ3) is 6.99. The number of carbonyl (C=O) groups excluding carboxylic acids is 1. The number of rotatable bonds is 10. The zero-order valence-corrected chi connectivity index (χ0v) is 19.9. The molecule has 1 heterocycles. The molecular weight excluding hydrogens is 468 g/mol. The Morgan fingerprint density at radius 2 is 1.85 bits per heavy atom. The highest BCUT2D eigenvalue weighted by Gasteiger charge is 2.15. The molecule has 3 aromatic rings. The van der Waals surface area contributed by atoms with Crippen LogP contribution in [0.5, 0.6) is 17.2 Å². The van der Waals surface area contributed by atoms with E-state index in [1.165, 1.54) is 47.7 Å². The maximum Gasteiger partial charge on any atom is 0.257 e. The van der Waals surface area contributed by atoms with E-state index in [4.69, 9.17) is 14.2 Å². The van der Waals surface area contributed by atoms with Gasteiger partial charge in [0.1, 0.15) is 23.4 Å². The number of thiazole rings is 1. The topological polar surface area (TPSA) is 124 Å². The van der Waals surface area contributed by atoms with Gasteiger partial charge in [0.25, 0.3) is 5.91 Å². The smallest absolute Gasteiger partial charge is 0.257 e. The van der Waals surface area contributed by atoms with E-state index in [0.717, 1.165) is 6.26 Å². The van der Waals surface area contributed by atoms with E-state index in [-0.39, 0.29) is 17.1 Å². The summed E-state index contributed by atoms with van der Waals surface area (Å²) in [4.78, 5) is 17.3. The van der Waals surface area contributed by atoms with Gasteiger partial charge in [0.15, 0.2) is 15.0 Å². The minimum Gasteiger partial charge on any atom is -0.488 e. The molecule has 0 saturated carbocycles. The Hall–Kier alpha value is -2.99. The van der Waals surface area contributed by atoms with Crippen LogP contribution >= 0.6 is 11.3 Å². The molecule has 33 heavy (non-hydrogen) atoms. The van der Waals surface area contributed by atoms with E-state index < -0.39 is 21.8 Å². The van der Waals surface area contributed by atoms with Gasteiger partial charge in [-0.3, -0.25) is 10.1 Å². The summed E-state index contributed by atoms with van der Waals surface area (Å²) in [5.74, 6) is 0.582. The van der Waals surface area contributed by atoms with Crippen LogP contribution in [0.1, 0.15) is 23.0 Å². The van der Waals surface area contributed by atoms with Crippen molar-refractivity contribution in [1.29, 1.82) is 0 Å². The van der Waals surface area contributed by atoms with Crippen LogP contribution < -0.4 is 14.8 Å². The van der Waals surface area contributed by atoms with Crippen molar-refractivity contribution in [3.63, 3.8) is 0 Å². The maximum atomic E-state index is 12.8. The normalized spacial score (nSPS) is 12.2. The first-order chi connectivity index (χ1) is 15.7. The van der Waals surface area contributed by atoms with Crippen LogP contribution in [-0.4, -0.2) is 50.5 Å².